The Morgan fingerprint density at radius 2 is 2.24 bits per heavy atom. The Morgan fingerprint density at radius 1 is 1.35 bits per heavy atom. The van der Waals surface area contributed by atoms with Crippen LogP contribution in [0.25, 0.3) is 5.65 Å². The van der Waals surface area contributed by atoms with Gasteiger partial charge in [0.15, 0.2) is 0 Å². The van der Waals surface area contributed by atoms with Crippen molar-refractivity contribution in [3.63, 3.8) is 0 Å². The van der Waals surface area contributed by atoms with Gasteiger partial charge in [-0.05, 0) is 28.1 Å². The number of aromatic nitrogens is 3. The second-order valence-corrected chi connectivity index (χ2v) is 5.25. The first kappa shape index (κ1) is 10.9. The SMILES string of the molecule is OC(c1cn2ccccc2n1)c1nc(Br)cs1. The number of hydrogen-bond donors (Lipinski definition) is 1. The van der Waals surface area contributed by atoms with Crippen molar-refractivity contribution in [1.29, 1.82) is 0 Å². The van der Waals surface area contributed by atoms with Gasteiger partial charge < -0.3 is 9.51 Å². The Bertz CT molecular complexity index is 630. The van der Waals surface area contributed by atoms with Crippen molar-refractivity contribution in [2.24, 2.45) is 0 Å². The lowest BCUT2D eigenvalue weighted by atomic mass is 10.3. The summed E-state index contributed by atoms with van der Waals surface area (Å²) in [6.45, 7) is 0. The number of nitrogens with zero attached hydrogens (tertiary/aromatic N) is 3. The number of halogens is 1. The fourth-order valence-corrected chi connectivity index (χ4v) is 2.87. The van der Waals surface area contributed by atoms with Crippen LogP contribution in [0, 0.1) is 0 Å². The quantitative estimate of drug-likeness (QED) is 0.791. The predicted octanol–water partition coefficient (Wildman–Crippen LogP) is 2.64. The molecule has 3 rings (SSSR count). The average molecular weight is 310 g/mol. The lowest BCUT2D eigenvalue weighted by molar-refractivity contribution is 0.215. The number of fused-ring (bicyclic) bond motifs is 1. The van der Waals surface area contributed by atoms with Gasteiger partial charge in [-0.15, -0.1) is 11.3 Å². The van der Waals surface area contributed by atoms with E-state index in [9.17, 15) is 5.11 Å². The predicted molar refractivity (Wildman–Crippen MR) is 69.1 cm³/mol. The molecule has 86 valence electrons. The number of pyridine rings is 1. The Morgan fingerprint density at radius 3 is 2.94 bits per heavy atom. The summed E-state index contributed by atoms with van der Waals surface area (Å²) in [6.07, 6.45) is 2.94. The zero-order valence-electron chi connectivity index (χ0n) is 8.62. The van der Waals surface area contributed by atoms with Crippen molar-refractivity contribution in [3.05, 3.63) is 51.3 Å². The molecule has 0 amide bonds. The molecule has 1 unspecified atom stereocenters. The largest absolute Gasteiger partial charge is 0.379 e. The number of thiazole rings is 1. The normalized spacial score (nSPS) is 13.1. The third kappa shape index (κ3) is 1.99. The van der Waals surface area contributed by atoms with E-state index < -0.39 is 6.10 Å². The first-order valence-electron chi connectivity index (χ1n) is 4.96. The molecule has 1 N–H and O–H groups in total. The number of aliphatic hydroxyl groups excluding tert-OH is 1. The maximum atomic E-state index is 10.2. The van der Waals surface area contributed by atoms with Crippen molar-refractivity contribution in [2.75, 3.05) is 0 Å². The minimum absolute atomic E-state index is 0.609. The van der Waals surface area contributed by atoms with Gasteiger partial charge in [-0.25, -0.2) is 9.97 Å². The van der Waals surface area contributed by atoms with E-state index in [1.54, 1.807) is 0 Å². The topological polar surface area (TPSA) is 50.4 Å². The third-order valence-electron chi connectivity index (χ3n) is 2.39. The molecule has 0 radical (unpaired) electrons. The van der Waals surface area contributed by atoms with Crippen molar-refractivity contribution in [3.8, 4) is 0 Å². The van der Waals surface area contributed by atoms with Gasteiger partial charge in [-0.3, -0.25) is 0 Å². The summed E-state index contributed by atoms with van der Waals surface area (Å²) in [4.78, 5) is 8.56. The molecule has 0 spiro atoms. The molecule has 0 aromatic carbocycles. The summed E-state index contributed by atoms with van der Waals surface area (Å²) in [5, 5.41) is 12.6. The molecule has 3 heterocycles. The van der Waals surface area contributed by atoms with Gasteiger partial charge in [0, 0.05) is 17.8 Å². The Balaban J connectivity index is 2.03. The minimum atomic E-state index is -0.772. The van der Waals surface area contributed by atoms with Gasteiger partial charge >= 0.3 is 0 Å². The maximum Gasteiger partial charge on any atom is 0.149 e. The number of aliphatic hydroxyl groups is 1. The molecule has 6 heteroatoms. The first-order chi connectivity index (χ1) is 8.24. The fourth-order valence-electron chi connectivity index (χ4n) is 1.61. The smallest absolute Gasteiger partial charge is 0.149 e. The average Bonchev–Trinajstić information content (AvgIpc) is 2.93. The molecule has 3 aromatic heterocycles. The van der Waals surface area contributed by atoms with Gasteiger partial charge in [-0.2, -0.15) is 0 Å². The zero-order chi connectivity index (χ0) is 11.8. The number of rotatable bonds is 2. The molecule has 17 heavy (non-hydrogen) atoms. The highest BCUT2D eigenvalue weighted by molar-refractivity contribution is 9.10. The fraction of sp³-hybridized carbons (Fsp3) is 0.0909. The van der Waals surface area contributed by atoms with E-state index in [-0.39, 0.29) is 0 Å². The number of imidazole rings is 1. The van der Waals surface area contributed by atoms with Crippen molar-refractivity contribution >= 4 is 32.9 Å². The highest BCUT2D eigenvalue weighted by atomic mass is 79.9. The molecule has 0 saturated carbocycles. The Hall–Kier alpha value is -1.24. The maximum absolute atomic E-state index is 10.2. The lowest BCUT2D eigenvalue weighted by Gasteiger charge is -2.01. The van der Waals surface area contributed by atoms with Gasteiger partial charge in [0.2, 0.25) is 0 Å². The van der Waals surface area contributed by atoms with E-state index in [4.69, 9.17) is 0 Å². The van der Waals surface area contributed by atoms with Crippen LogP contribution in [0.2, 0.25) is 0 Å². The molecule has 4 nitrogen and oxygen atoms in total. The van der Waals surface area contributed by atoms with Crippen LogP contribution in [0.5, 0.6) is 0 Å². The standard InChI is InChI=1S/C11H8BrN3OS/c12-8-6-17-11(14-8)10(16)7-5-15-4-2-1-3-9(15)13-7/h1-6,10,16H. The third-order valence-corrected chi connectivity index (χ3v) is 4.00. The molecular weight excluding hydrogens is 302 g/mol. The monoisotopic (exact) mass is 309 g/mol. The van der Waals surface area contributed by atoms with Gasteiger partial charge in [0.25, 0.3) is 0 Å². The van der Waals surface area contributed by atoms with Crippen LogP contribution in [0.3, 0.4) is 0 Å². The molecule has 0 aliphatic carbocycles. The van der Waals surface area contributed by atoms with E-state index in [0.717, 1.165) is 10.3 Å². The highest BCUT2D eigenvalue weighted by Gasteiger charge is 2.17. The van der Waals surface area contributed by atoms with Crippen LogP contribution in [0.1, 0.15) is 16.8 Å². The van der Waals surface area contributed by atoms with Gasteiger partial charge in [0.1, 0.15) is 21.4 Å². The number of hydrogen-bond acceptors (Lipinski definition) is 4. The van der Waals surface area contributed by atoms with E-state index in [2.05, 4.69) is 25.9 Å². The minimum Gasteiger partial charge on any atom is -0.379 e. The van der Waals surface area contributed by atoms with Gasteiger partial charge in [-0.1, -0.05) is 6.07 Å². The van der Waals surface area contributed by atoms with E-state index in [0.29, 0.717) is 10.7 Å². The molecule has 3 aromatic rings. The lowest BCUT2D eigenvalue weighted by Crippen LogP contribution is -1.98. The van der Waals surface area contributed by atoms with Gasteiger partial charge in [0.05, 0.1) is 5.69 Å². The molecule has 1 atom stereocenters. The highest BCUT2D eigenvalue weighted by Crippen LogP contribution is 2.26. The van der Waals surface area contributed by atoms with Crippen molar-refractivity contribution in [2.45, 2.75) is 6.10 Å². The van der Waals surface area contributed by atoms with Crippen LogP contribution < -0.4 is 0 Å². The van der Waals surface area contributed by atoms with E-state index in [1.165, 1.54) is 11.3 Å². The Labute approximate surface area is 110 Å². The second kappa shape index (κ2) is 4.21. The van der Waals surface area contributed by atoms with E-state index >= 15 is 0 Å². The Kier molecular flexibility index (Phi) is 2.70. The molecule has 0 aliphatic heterocycles. The van der Waals surface area contributed by atoms with Crippen molar-refractivity contribution in [1.82, 2.24) is 14.4 Å². The summed E-state index contributed by atoms with van der Waals surface area (Å²) in [7, 11) is 0. The van der Waals surface area contributed by atoms with Crippen LogP contribution in [-0.4, -0.2) is 19.5 Å². The molecule has 0 saturated heterocycles. The van der Waals surface area contributed by atoms with E-state index in [1.807, 2.05) is 40.4 Å². The van der Waals surface area contributed by atoms with Crippen LogP contribution >= 0.6 is 27.3 Å². The molecule has 0 aliphatic rings. The zero-order valence-corrected chi connectivity index (χ0v) is 11.0. The van der Waals surface area contributed by atoms with Crippen LogP contribution in [-0.2, 0) is 0 Å². The first-order valence-corrected chi connectivity index (χ1v) is 6.64. The van der Waals surface area contributed by atoms with Crippen LogP contribution in [0.4, 0.5) is 0 Å². The summed E-state index contributed by atoms with van der Waals surface area (Å²) in [6, 6.07) is 5.73. The summed E-state index contributed by atoms with van der Waals surface area (Å²) in [5.74, 6) is 0. The summed E-state index contributed by atoms with van der Waals surface area (Å²) < 4.78 is 2.61. The summed E-state index contributed by atoms with van der Waals surface area (Å²) in [5.41, 5.74) is 1.43. The van der Waals surface area contributed by atoms with Crippen LogP contribution in [0.15, 0.2) is 40.6 Å². The second-order valence-electron chi connectivity index (χ2n) is 3.54. The molecule has 0 fully saturated rings. The summed E-state index contributed by atoms with van der Waals surface area (Å²) >= 11 is 4.68. The molecule has 0 bridgehead atoms. The molecular formula is C11H8BrN3OS. The van der Waals surface area contributed by atoms with Crippen molar-refractivity contribution < 1.29 is 5.11 Å².